The molecule has 0 unspecified atom stereocenters. The summed E-state index contributed by atoms with van der Waals surface area (Å²) in [7, 11) is 0. The van der Waals surface area contributed by atoms with Gasteiger partial charge in [0.2, 0.25) is 0 Å². The molecule has 0 saturated heterocycles. The lowest BCUT2D eigenvalue weighted by Gasteiger charge is -2.23. The molecule has 28 heavy (non-hydrogen) atoms. The first-order valence-electron chi connectivity index (χ1n) is 9.04. The molecule has 4 nitrogen and oxygen atoms in total. The molecule has 3 aromatic carbocycles. The van der Waals surface area contributed by atoms with Crippen LogP contribution in [0.5, 0.6) is 0 Å². The highest BCUT2D eigenvalue weighted by molar-refractivity contribution is 9.10. The summed E-state index contributed by atoms with van der Waals surface area (Å²) in [5.74, 6) is -0.339. The van der Waals surface area contributed by atoms with E-state index in [-0.39, 0.29) is 5.91 Å². The molecule has 1 aromatic heterocycles. The molecular formula is C23H17BrN2O2. The number of hydrogen-bond acceptors (Lipinski definition) is 2. The van der Waals surface area contributed by atoms with Gasteiger partial charge in [-0.25, -0.2) is 0 Å². The van der Waals surface area contributed by atoms with Gasteiger partial charge in [0.05, 0.1) is 12.2 Å². The first-order chi connectivity index (χ1) is 13.6. The fourth-order valence-corrected chi connectivity index (χ4v) is 4.43. The summed E-state index contributed by atoms with van der Waals surface area (Å²) >= 11 is 3.56. The minimum Gasteiger partial charge on any atom is -0.372 e. The van der Waals surface area contributed by atoms with Crippen LogP contribution in [-0.4, -0.2) is 16.0 Å². The molecular weight excluding hydrogens is 416 g/mol. The zero-order chi connectivity index (χ0) is 19.3. The summed E-state index contributed by atoms with van der Waals surface area (Å²) in [5, 5.41) is 12.6. The molecule has 0 radical (unpaired) electrons. The highest BCUT2D eigenvalue weighted by Gasteiger charge is 2.52. The first kappa shape index (κ1) is 17.2. The quantitative estimate of drug-likeness (QED) is 0.492. The summed E-state index contributed by atoms with van der Waals surface area (Å²) in [6.45, 7) is 0.377. The third-order valence-electron chi connectivity index (χ3n) is 5.40. The van der Waals surface area contributed by atoms with Crippen molar-refractivity contribution in [3.63, 3.8) is 0 Å². The Hall–Kier alpha value is -2.89. The predicted molar refractivity (Wildman–Crippen MR) is 113 cm³/mol. The number of aromatic amines is 1. The van der Waals surface area contributed by atoms with Gasteiger partial charge in [0.1, 0.15) is 0 Å². The number of rotatable bonds is 3. The Kier molecular flexibility index (Phi) is 3.89. The van der Waals surface area contributed by atoms with Crippen LogP contribution in [0, 0.1) is 0 Å². The van der Waals surface area contributed by atoms with E-state index in [4.69, 9.17) is 0 Å². The number of hydrogen-bond donors (Lipinski definition) is 2. The van der Waals surface area contributed by atoms with Crippen LogP contribution in [0.4, 0.5) is 5.69 Å². The molecule has 1 amide bonds. The second-order valence-corrected chi connectivity index (χ2v) is 7.81. The van der Waals surface area contributed by atoms with Crippen molar-refractivity contribution in [2.24, 2.45) is 0 Å². The van der Waals surface area contributed by atoms with Crippen LogP contribution in [0.3, 0.4) is 0 Å². The molecule has 0 saturated carbocycles. The number of nitrogens with zero attached hydrogens (tertiary/aromatic N) is 1. The average Bonchev–Trinajstić information content (AvgIpc) is 3.24. The van der Waals surface area contributed by atoms with E-state index >= 15 is 0 Å². The summed E-state index contributed by atoms with van der Waals surface area (Å²) in [6.07, 6.45) is 1.74. The Bertz CT molecular complexity index is 1220. The van der Waals surface area contributed by atoms with Crippen LogP contribution in [0.2, 0.25) is 0 Å². The van der Waals surface area contributed by atoms with Gasteiger partial charge in [0, 0.05) is 32.7 Å². The molecule has 1 aliphatic rings. The van der Waals surface area contributed by atoms with Gasteiger partial charge in [-0.15, -0.1) is 0 Å². The number of nitrogens with one attached hydrogen (secondary N) is 1. The van der Waals surface area contributed by atoms with Gasteiger partial charge in [-0.1, -0.05) is 70.5 Å². The van der Waals surface area contributed by atoms with Crippen molar-refractivity contribution in [1.82, 2.24) is 4.98 Å². The monoisotopic (exact) mass is 432 g/mol. The smallest absolute Gasteiger partial charge is 0.268 e. The number of benzene rings is 3. The van der Waals surface area contributed by atoms with Gasteiger partial charge in [0.25, 0.3) is 5.91 Å². The van der Waals surface area contributed by atoms with Crippen LogP contribution in [0.25, 0.3) is 10.9 Å². The number of aliphatic hydroxyl groups is 1. The van der Waals surface area contributed by atoms with Gasteiger partial charge in [-0.2, -0.15) is 0 Å². The summed E-state index contributed by atoms with van der Waals surface area (Å²) in [5.41, 5.74) is 2.06. The number of anilines is 1. The average molecular weight is 433 g/mol. The molecule has 2 heterocycles. The zero-order valence-electron chi connectivity index (χ0n) is 14.9. The number of carbonyl (C=O) groups is 1. The third kappa shape index (κ3) is 2.37. The van der Waals surface area contributed by atoms with Gasteiger partial charge < -0.3 is 15.0 Å². The number of carbonyl (C=O) groups excluding carboxylic acids is 1. The van der Waals surface area contributed by atoms with E-state index in [1.165, 1.54) is 0 Å². The lowest BCUT2D eigenvalue weighted by Crippen LogP contribution is -2.40. The highest BCUT2D eigenvalue weighted by Crippen LogP contribution is 2.46. The maximum absolute atomic E-state index is 13.6. The van der Waals surface area contributed by atoms with Crippen molar-refractivity contribution in [3.05, 3.63) is 100 Å². The topological polar surface area (TPSA) is 56.3 Å². The standard InChI is InChI=1S/C23H17BrN2O2/c24-19-10-4-1-7-15(19)14-26-21-12-6-3-9-17(21)23(28,22(26)27)18-13-25-20-11-5-2-8-16(18)20/h1-13,25,28H,14H2/t23-/m1/s1. The van der Waals surface area contributed by atoms with Crippen molar-refractivity contribution < 1.29 is 9.90 Å². The predicted octanol–water partition coefficient (Wildman–Crippen LogP) is 4.71. The van der Waals surface area contributed by atoms with Gasteiger partial charge in [-0.3, -0.25) is 4.79 Å². The Morgan fingerprint density at radius 1 is 0.929 bits per heavy atom. The number of para-hydroxylation sites is 2. The zero-order valence-corrected chi connectivity index (χ0v) is 16.5. The van der Waals surface area contributed by atoms with Gasteiger partial charge >= 0.3 is 0 Å². The Morgan fingerprint density at radius 2 is 1.64 bits per heavy atom. The maximum Gasteiger partial charge on any atom is 0.268 e. The van der Waals surface area contributed by atoms with Crippen LogP contribution >= 0.6 is 15.9 Å². The largest absolute Gasteiger partial charge is 0.372 e. The Balaban J connectivity index is 1.68. The summed E-state index contributed by atoms with van der Waals surface area (Å²) in [4.78, 5) is 18.4. The van der Waals surface area contributed by atoms with E-state index in [9.17, 15) is 9.90 Å². The molecule has 2 N–H and O–H groups in total. The van der Waals surface area contributed by atoms with Crippen molar-refractivity contribution in [1.29, 1.82) is 0 Å². The number of fused-ring (bicyclic) bond motifs is 2. The van der Waals surface area contributed by atoms with E-state index in [0.29, 0.717) is 17.7 Å². The second-order valence-electron chi connectivity index (χ2n) is 6.96. The molecule has 1 aliphatic heterocycles. The van der Waals surface area contributed by atoms with Gasteiger partial charge in [0.15, 0.2) is 5.60 Å². The number of halogens is 1. The molecule has 0 aliphatic carbocycles. The third-order valence-corrected chi connectivity index (χ3v) is 6.18. The molecule has 1 atom stereocenters. The fourth-order valence-electron chi connectivity index (χ4n) is 4.02. The Morgan fingerprint density at radius 3 is 2.50 bits per heavy atom. The molecule has 138 valence electrons. The Labute approximate surface area is 170 Å². The summed E-state index contributed by atoms with van der Waals surface area (Å²) < 4.78 is 0.933. The first-order valence-corrected chi connectivity index (χ1v) is 9.84. The second kappa shape index (κ2) is 6.33. The molecule has 0 fully saturated rings. The van der Waals surface area contributed by atoms with Crippen LogP contribution < -0.4 is 4.90 Å². The van der Waals surface area contributed by atoms with E-state index in [2.05, 4.69) is 20.9 Å². The lowest BCUT2D eigenvalue weighted by atomic mass is 9.87. The molecule has 0 spiro atoms. The van der Waals surface area contributed by atoms with Crippen molar-refractivity contribution in [2.75, 3.05) is 4.90 Å². The normalized spacial score (nSPS) is 18.6. The molecule has 4 aromatic rings. The van der Waals surface area contributed by atoms with Crippen LogP contribution in [-0.2, 0) is 16.9 Å². The minimum atomic E-state index is -1.72. The van der Waals surface area contributed by atoms with Gasteiger partial charge in [-0.05, 0) is 23.8 Å². The minimum absolute atomic E-state index is 0.339. The summed E-state index contributed by atoms with van der Waals surface area (Å²) in [6, 6.07) is 23.0. The highest BCUT2D eigenvalue weighted by atomic mass is 79.9. The van der Waals surface area contributed by atoms with Crippen LogP contribution in [0.15, 0.2) is 83.5 Å². The van der Waals surface area contributed by atoms with E-state index in [0.717, 1.165) is 26.6 Å². The molecule has 5 rings (SSSR count). The number of H-pyrrole nitrogens is 1. The van der Waals surface area contributed by atoms with Crippen LogP contribution in [0.1, 0.15) is 16.7 Å². The number of amides is 1. The molecule has 0 bridgehead atoms. The van der Waals surface area contributed by atoms with Crippen molar-refractivity contribution in [3.8, 4) is 0 Å². The SMILES string of the molecule is O=C1N(Cc2ccccc2Br)c2ccccc2[C@@]1(O)c1c[nH]c2ccccc12. The van der Waals surface area contributed by atoms with Crippen molar-refractivity contribution in [2.45, 2.75) is 12.1 Å². The number of aromatic nitrogens is 1. The fraction of sp³-hybridized carbons (Fsp3) is 0.0870. The maximum atomic E-state index is 13.6. The van der Waals surface area contributed by atoms with Crippen molar-refractivity contribution >= 4 is 38.4 Å². The lowest BCUT2D eigenvalue weighted by molar-refractivity contribution is -0.132. The van der Waals surface area contributed by atoms with E-state index < -0.39 is 5.60 Å². The molecule has 5 heteroatoms. The van der Waals surface area contributed by atoms with E-state index in [1.54, 1.807) is 11.1 Å². The van der Waals surface area contributed by atoms with E-state index in [1.807, 2.05) is 72.8 Å².